The summed E-state index contributed by atoms with van der Waals surface area (Å²) in [5, 5.41) is 11.1. The van der Waals surface area contributed by atoms with Crippen LogP contribution in [0.2, 0.25) is 0 Å². The molecule has 4 N–H and O–H groups in total. The Morgan fingerprint density at radius 3 is 2.13 bits per heavy atom. The number of ketones is 2. The molecule has 1 saturated heterocycles. The zero-order chi connectivity index (χ0) is 33.9. The van der Waals surface area contributed by atoms with E-state index >= 15 is 0 Å². The Kier molecular flexibility index (Phi) is 14.7. The first-order valence-electron chi connectivity index (χ1n) is 16.7. The highest BCUT2D eigenvalue weighted by atomic mass is 16.2. The molecule has 1 heterocycles. The van der Waals surface area contributed by atoms with E-state index in [-0.39, 0.29) is 42.5 Å². The van der Waals surface area contributed by atoms with Gasteiger partial charge >= 0.3 is 6.03 Å². The van der Waals surface area contributed by atoms with Crippen molar-refractivity contribution in [3.8, 4) is 0 Å². The van der Waals surface area contributed by atoms with Crippen molar-refractivity contribution in [3.63, 3.8) is 0 Å². The van der Waals surface area contributed by atoms with Gasteiger partial charge < -0.3 is 26.2 Å². The number of Topliss-reactive ketones (excluding diaryl/α,β-unsaturated/α-hetero) is 2. The van der Waals surface area contributed by atoms with Gasteiger partial charge in [0.2, 0.25) is 17.6 Å². The Labute approximate surface area is 269 Å². The van der Waals surface area contributed by atoms with Crippen molar-refractivity contribution in [3.05, 3.63) is 12.7 Å². The third-order valence-corrected chi connectivity index (χ3v) is 9.26. The average Bonchev–Trinajstić information content (AvgIpc) is 3.44. The van der Waals surface area contributed by atoms with E-state index in [0.717, 1.165) is 32.1 Å². The Morgan fingerprint density at radius 1 is 0.956 bits per heavy atom. The molecule has 1 aliphatic carbocycles. The van der Waals surface area contributed by atoms with Crippen LogP contribution in [0, 0.1) is 29.1 Å². The lowest BCUT2D eigenvalue weighted by molar-refractivity contribution is -0.142. The van der Waals surface area contributed by atoms with Crippen molar-refractivity contribution in [1.29, 1.82) is 0 Å². The molecular weight excluding hydrogens is 574 g/mol. The number of carbonyl (C=O) groups excluding carboxylic acids is 6. The third kappa shape index (κ3) is 11.0. The number of carbonyl (C=O) groups is 6. The molecule has 11 heteroatoms. The summed E-state index contributed by atoms with van der Waals surface area (Å²) in [5.74, 6) is -2.54. The average molecular weight is 632 g/mol. The van der Waals surface area contributed by atoms with Crippen molar-refractivity contribution in [2.24, 2.45) is 29.1 Å². The fraction of sp³-hybridized carbons (Fsp3) is 0.765. The summed E-state index contributed by atoms with van der Waals surface area (Å²) in [5.41, 5.74) is -0.695. The zero-order valence-electron chi connectivity index (χ0n) is 28.5. The maximum absolute atomic E-state index is 14.2. The number of urea groups is 1. The summed E-state index contributed by atoms with van der Waals surface area (Å²) < 4.78 is 0. The quantitative estimate of drug-likeness (QED) is 0.160. The van der Waals surface area contributed by atoms with Crippen LogP contribution in [0.4, 0.5) is 4.79 Å². The van der Waals surface area contributed by atoms with E-state index in [4.69, 9.17) is 0 Å². The normalized spacial score (nSPS) is 20.9. The molecule has 0 aromatic heterocycles. The monoisotopic (exact) mass is 631 g/mol. The highest BCUT2D eigenvalue weighted by molar-refractivity contribution is 6.37. The summed E-state index contributed by atoms with van der Waals surface area (Å²) in [7, 11) is 0. The van der Waals surface area contributed by atoms with Crippen LogP contribution in [0.15, 0.2) is 12.7 Å². The second-order valence-electron chi connectivity index (χ2n) is 14.2. The smallest absolute Gasteiger partial charge is 0.316 e. The standard InChI is InChI=1S/C34H57N5O6/c1-9-14-24(28(41)31(43)35-17-10-2)19-36-30(42)26-18-25(21(3)4)20-39(26)32(44)29(34(6,7)8)38-33(45)37-27(22(5)40)23-15-12-11-13-16-23/h10,21,23-27,29H,2,9,11-20H2,1,3-8H3,(H,35,43)(H,36,42)(H2,37,38,45)/t24?,25-,26+,27-,29-/m1/s1. The molecule has 1 aliphatic heterocycles. The van der Waals surface area contributed by atoms with E-state index in [9.17, 15) is 28.8 Å². The summed E-state index contributed by atoms with van der Waals surface area (Å²) in [6.07, 6.45) is 7.91. The number of hydrogen-bond donors (Lipinski definition) is 4. The summed E-state index contributed by atoms with van der Waals surface area (Å²) in [4.78, 5) is 80.2. The number of nitrogens with one attached hydrogen (secondary N) is 4. The largest absolute Gasteiger partial charge is 0.354 e. The molecule has 0 aromatic rings. The lowest BCUT2D eigenvalue weighted by Gasteiger charge is -2.36. The topological polar surface area (TPSA) is 154 Å². The van der Waals surface area contributed by atoms with E-state index in [2.05, 4.69) is 27.8 Å². The fourth-order valence-electron chi connectivity index (χ4n) is 6.44. The number of likely N-dealkylation sites (tertiary alicyclic amines) is 1. The first-order valence-corrected chi connectivity index (χ1v) is 16.7. The minimum absolute atomic E-state index is 0.0190. The molecular formula is C34H57N5O6. The lowest BCUT2D eigenvalue weighted by atomic mass is 9.82. The predicted octanol–water partition coefficient (Wildman–Crippen LogP) is 3.52. The molecule has 2 fully saturated rings. The maximum atomic E-state index is 14.2. The van der Waals surface area contributed by atoms with Crippen molar-refractivity contribution in [2.45, 2.75) is 118 Å². The van der Waals surface area contributed by atoms with E-state index in [1.54, 1.807) is 4.90 Å². The van der Waals surface area contributed by atoms with E-state index in [0.29, 0.717) is 25.8 Å². The van der Waals surface area contributed by atoms with Crippen molar-refractivity contribution in [2.75, 3.05) is 19.6 Å². The van der Waals surface area contributed by atoms with Gasteiger partial charge in [-0.15, -0.1) is 6.58 Å². The van der Waals surface area contributed by atoms with Gasteiger partial charge in [-0.1, -0.05) is 73.3 Å². The minimum Gasteiger partial charge on any atom is -0.354 e. The SMILES string of the molecule is C=CCNC(=O)C(=O)C(CCC)CNC(=O)[C@@H]1C[C@@H](C(C)C)CN1C(=O)[C@@H](NC(=O)N[C@H](C(C)=O)C1CCCCC1)C(C)(C)C. The van der Waals surface area contributed by atoms with E-state index in [1.165, 1.54) is 13.0 Å². The Balaban J connectivity index is 2.22. The van der Waals surface area contributed by atoms with Gasteiger partial charge in [0.05, 0.1) is 6.04 Å². The molecule has 45 heavy (non-hydrogen) atoms. The van der Waals surface area contributed by atoms with Crippen molar-refractivity contribution >= 4 is 35.3 Å². The van der Waals surface area contributed by atoms with E-state index < -0.39 is 53.1 Å². The van der Waals surface area contributed by atoms with Crippen LogP contribution in [0.25, 0.3) is 0 Å². The van der Waals surface area contributed by atoms with Gasteiger partial charge in [-0.05, 0) is 55.8 Å². The Morgan fingerprint density at radius 2 is 1.60 bits per heavy atom. The molecule has 1 unspecified atom stereocenters. The second kappa shape index (κ2) is 17.5. The Bertz CT molecular complexity index is 1080. The number of nitrogens with zero attached hydrogens (tertiary/aromatic N) is 1. The van der Waals surface area contributed by atoms with Crippen LogP contribution in [0.5, 0.6) is 0 Å². The molecule has 5 amide bonds. The van der Waals surface area contributed by atoms with Crippen molar-refractivity contribution in [1.82, 2.24) is 26.2 Å². The van der Waals surface area contributed by atoms with Gasteiger partial charge in [0.15, 0.2) is 5.78 Å². The number of hydrogen-bond acceptors (Lipinski definition) is 6. The molecule has 2 aliphatic rings. The summed E-state index contributed by atoms with van der Waals surface area (Å²) in [6.45, 7) is 17.1. The third-order valence-electron chi connectivity index (χ3n) is 9.26. The highest BCUT2D eigenvalue weighted by Crippen LogP contribution is 2.32. The van der Waals surface area contributed by atoms with Gasteiger partial charge in [-0.3, -0.25) is 24.0 Å². The molecule has 0 spiro atoms. The van der Waals surface area contributed by atoms with Crippen LogP contribution in [-0.2, 0) is 24.0 Å². The van der Waals surface area contributed by atoms with E-state index in [1.807, 2.05) is 41.5 Å². The molecule has 2 rings (SSSR count). The van der Waals surface area contributed by atoms with Gasteiger partial charge in [-0.25, -0.2) is 4.79 Å². The summed E-state index contributed by atoms with van der Waals surface area (Å²) in [6, 6.07) is -2.95. The van der Waals surface area contributed by atoms with Gasteiger partial charge in [0.25, 0.3) is 5.91 Å². The van der Waals surface area contributed by atoms with Crippen LogP contribution < -0.4 is 21.3 Å². The predicted molar refractivity (Wildman–Crippen MR) is 174 cm³/mol. The molecule has 5 atom stereocenters. The first-order chi connectivity index (χ1) is 21.1. The van der Waals surface area contributed by atoms with Crippen LogP contribution in [-0.4, -0.2) is 78.0 Å². The molecule has 254 valence electrons. The first kappa shape index (κ1) is 37.9. The molecule has 1 saturated carbocycles. The number of amides is 5. The fourth-order valence-corrected chi connectivity index (χ4v) is 6.44. The van der Waals surface area contributed by atoms with Crippen molar-refractivity contribution < 1.29 is 28.8 Å². The van der Waals surface area contributed by atoms with Gasteiger partial charge in [0.1, 0.15) is 12.1 Å². The van der Waals surface area contributed by atoms with Gasteiger partial charge in [0, 0.05) is 25.6 Å². The maximum Gasteiger partial charge on any atom is 0.316 e. The number of rotatable bonds is 15. The summed E-state index contributed by atoms with van der Waals surface area (Å²) >= 11 is 0. The lowest BCUT2D eigenvalue weighted by Crippen LogP contribution is -2.60. The minimum atomic E-state index is -0.958. The van der Waals surface area contributed by atoms with Crippen LogP contribution in [0.1, 0.15) is 99.8 Å². The van der Waals surface area contributed by atoms with Gasteiger partial charge in [-0.2, -0.15) is 0 Å². The highest BCUT2D eigenvalue weighted by Gasteiger charge is 2.46. The molecule has 0 aromatic carbocycles. The molecule has 0 bridgehead atoms. The van der Waals surface area contributed by atoms with Crippen LogP contribution >= 0.6 is 0 Å². The zero-order valence-corrected chi connectivity index (χ0v) is 28.5. The molecule has 0 radical (unpaired) electrons. The Hall–Kier alpha value is -3.24. The van der Waals surface area contributed by atoms with Crippen LogP contribution in [0.3, 0.4) is 0 Å². The molecule has 11 nitrogen and oxygen atoms in total. The second-order valence-corrected chi connectivity index (χ2v) is 14.2.